The topological polar surface area (TPSA) is 61.4 Å². The largest absolute Gasteiger partial charge is 0.295 e. The highest BCUT2D eigenvalue weighted by Gasteiger charge is 2.25. The van der Waals surface area contributed by atoms with Crippen LogP contribution in [-0.2, 0) is 10.2 Å². The molecule has 7 heteroatoms. The fraction of sp³-hybridized carbons (Fsp3) is 0.600. The number of rotatable bonds is 8. The molecule has 0 radical (unpaired) electrons. The molecule has 2 rings (SSSR count). The van der Waals surface area contributed by atoms with Crippen LogP contribution in [0.5, 0.6) is 0 Å². The van der Waals surface area contributed by atoms with Crippen molar-refractivity contribution < 1.29 is 12.8 Å². The first-order chi connectivity index (χ1) is 10.5. The van der Waals surface area contributed by atoms with Gasteiger partial charge in [0.15, 0.2) is 0 Å². The molecular weight excluding hydrogens is 305 g/mol. The van der Waals surface area contributed by atoms with E-state index in [1.54, 1.807) is 12.1 Å². The van der Waals surface area contributed by atoms with Gasteiger partial charge in [0.2, 0.25) is 0 Å². The SMILES string of the molecule is CCCNS(=O)(=O)NCC(c1ccc(F)cc1)N1CCCC1. The Labute approximate surface area is 132 Å². The molecule has 0 bridgehead atoms. The van der Waals surface area contributed by atoms with Crippen LogP contribution in [0.25, 0.3) is 0 Å². The standard InChI is InChI=1S/C15H24FN3O2S/c1-2-9-17-22(20,21)18-12-15(19-10-3-4-11-19)13-5-7-14(16)8-6-13/h5-8,15,17-18H,2-4,9-12H2,1H3. The van der Waals surface area contributed by atoms with Crippen molar-refractivity contribution in [3.05, 3.63) is 35.6 Å². The van der Waals surface area contributed by atoms with E-state index in [0.29, 0.717) is 6.54 Å². The zero-order valence-electron chi connectivity index (χ0n) is 12.9. The predicted molar refractivity (Wildman–Crippen MR) is 85.2 cm³/mol. The summed E-state index contributed by atoms with van der Waals surface area (Å²) >= 11 is 0. The van der Waals surface area contributed by atoms with Crippen LogP contribution in [0.3, 0.4) is 0 Å². The summed E-state index contributed by atoms with van der Waals surface area (Å²) in [5, 5.41) is 0. The summed E-state index contributed by atoms with van der Waals surface area (Å²) in [6.07, 6.45) is 2.96. The molecule has 22 heavy (non-hydrogen) atoms. The molecule has 124 valence electrons. The van der Waals surface area contributed by atoms with Crippen LogP contribution in [0.4, 0.5) is 4.39 Å². The Kier molecular flexibility index (Phi) is 6.31. The van der Waals surface area contributed by atoms with Gasteiger partial charge in [0.25, 0.3) is 10.2 Å². The van der Waals surface area contributed by atoms with Crippen molar-refractivity contribution in [1.29, 1.82) is 0 Å². The quantitative estimate of drug-likeness (QED) is 0.764. The van der Waals surface area contributed by atoms with E-state index >= 15 is 0 Å². The van der Waals surface area contributed by atoms with Gasteiger partial charge in [0.1, 0.15) is 5.82 Å². The van der Waals surface area contributed by atoms with Gasteiger partial charge in [0, 0.05) is 19.1 Å². The fourth-order valence-corrected chi connectivity index (χ4v) is 3.62. The second-order valence-electron chi connectivity index (χ2n) is 5.56. The molecule has 5 nitrogen and oxygen atoms in total. The van der Waals surface area contributed by atoms with Gasteiger partial charge in [-0.3, -0.25) is 4.90 Å². The third-order valence-corrected chi connectivity index (χ3v) is 4.98. The number of nitrogens with one attached hydrogen (secondary N) is 2. The summed E-state index contributed by atoms with van der Waals surface area (Å²) in [6.45, 7) is 4.48. The zero-order valence-corrected chi connectivity index (χ0v) is 13.7. The molecule has 1 aliphatic rings. The maximum absolute atomic E-state index is 13.1. The summed E-state index contributed by atoms with van der Waals surface area (Å²) in [4.78, 5) is 2.25. The second-order valence-corrected chi connectivity index (χ2v) is 7.14. The smallest absolute Gasteiger partial charge is 0.276 e. The van der Waals surface area contributed by atoms with Gasteiger partial charge in [0.05, 0.1) is 0 Å². The van der Waals surface area contributed by atoms with E-state index in [0.717, 1.165) is 37.9 Å². The lowest BCUT2D eigenvalue weighted by Crippen LogP contribution is -2.42. The Morgan fingerprint density at radius 3 is 2.41 bits per heavy atom. The number of nitrogens with zero attached hydrogens (tertiary/aromatic N) is 1. The van der Waals surface area contributed by atoms with E-state index in [1.165, 1.54) is 12.1 Å². The van der Waals surface area contributed by atoms with Gasteiger partial charge in [-0.1, -0.05) is 19.1 Å². The third kappa shape index (κ3) is 5.01. The van der Waals surface area contributed by atoms with Crippen molar-refractivity contribution in [1.82, 2.24) is 14.3 Å². The molecule has 2 N–H and O–H groups in total. The van der Waals surface area contributed by atoms with Crippen molar-refractivity contribution in [2.24, 2.45) is 0 Å². The number of hydrogen-bond acceptors (Lipinski definition) is 3. The van der Waals surface area contributed by atoms with E-state index in [-0.39, 0.29) is 18.4 Å². The van der Waals surface area contributed by atoms with Gasteiger partial charge in [-0.15, -0.1) is 0 Å². The highest BCUT2D eigenvalue weighted by molar-refractivity contribution is 7.87. The maximum atomic E-state index is 13.1. The van der Waals surface area contributed by atoms with Gasteiger partial charge < -0.3 is 0 Å². The zero-order chi connectivity index (χ0) is 16.0. The molecule has 0 aromatic heterocycles. The lowest BCUT2D eigenvalue weighted by molar-refractivity contribution is 0.246. The first-order valence-corrected chi connectivity index (χ1v) is 9.24. The predicted octanol–water partition coefficient (Wildman–Crippen LogP) is 1.80. The molecule has 1 unspecified atom stereocenters. The molecule has 1 heterocycles. The van der Waals surface area contributed by atoms with Crippen LogP contribution < -0.4 is 9.44 Å². The Morgan fingerprint density at radius 1 is 1.18 bits per heavy atom. The van der Waals surface area contributed by atoms with Crippen LogP contribution in [0.1, 0.15) is 37.8 Å². The van der Waals surface area contributed by atoms with E-state index < -0.39 is 10.2 Å². The van der Waals surface area contributed by atoms with Crippen LogP contribution >= 0.6 is 0 Å². The van der Waals surface area contributed by atoms with Gasteiger partial charge >= 0.3 is 0 Å². The van der Waals surface area contributed by atoms with Crippen molar-refractivity contribution in [3.63, 3.8) is 0 Å². The molecule has 0 aliphatic carbocycles. The highest BCUT2D eigenvalue weighted by atomic mass is 32.2. The lowest BCUT2D eigenvalue weighted by Gasteiger charge is -2.28. The van der Waals surface area contributed by atoms with E-state index in [4.69, 9.17) is 0 Å². The van der Waals surface area contributed by atoms with E-state index in [2.05, 4.69) is 14.3 Å². The Balaban J connectivity index is 2.06. The Bertz CT molecular complexity index is 557. The minimum atomic E-state index is -3.49. The van der Waals surface area contributed by atoms with Gasteiger partial charge in [-0.05, 0) is 50.0 Å². The number of benzene rings is 1. The second kappa shape index (κ2) is 8.01. The molecular formula is C15H24FN3O2S. The summed E-state index contributed by atoms with van der Waals surface area (Å²) in [5.74, 6) is -0.283. The Hall–Kier alpha value is -1.02. The van der Waals surface area contributed by atoms with Crippen LogP contribution in [-0.4, -0.2) is 39.5 Å². The Morgan fingerprint density at radius 2 is 1.82 bits per heavy atom. The van der Waals surface area contributed by atoms with Gasteiger partial charge in [-0.2, -0.15) is 8.42 Å². The van der Waals surface area contributed by atoms with Crippen molar-refractivity contribution in [3.8, 4) is 0 Å². The maximum Gasteiger partial charge on any atom is 0.276 e. The normalized spacial score (nSPS) is 17.7. The summed E-state index contributed by atoms with van der Waals surface area (Å²) in [5.41, 5.74) is 0.932. The lowest BCUT2D eigenvalue weighted by atomic mass is 10.1. The van der Waals surface area contributed by atoms with Crippen LogP contribution in [0.2, 0.25) is 0 Å². The molecule has 0 amide bonds. The molecule has 1 saturated heterocycles. The minimum Gasteiger partial charge on any atom is -0.295 e. The molecule has 1 aromatic carbocycles. The minimum absolute atomic E-state index is 0.0682. The van der Waals surface area contributed by atoms with Crippen LogP contribution in [0, 0.1) is 5.82 Å². The first-order valence-electron chi connectivity index (χ1n) is 7.75. The van der Waals surface area contributed by atoms with E-state index in [9.17, 15) is 12.8 Å². The molecule has 1 fully saturated rings. The van der Waals surface area contributed by atoms with Crippen LogP contribution in [0.15, 0.2) is 24.3 Å². The molecule has 0 saturated carbocycles. The number of hydrogen-bond donors (Lipinski definition) is 2. The van der Waals surface area contributed by atoms with Crippen molar-refractivity contribution in [2.75, 3.05) is 26.2 Å². The first kappa shape index (κ1) is 17.3. The summed E-state index contributed by atoms with van der Waals surface area (Å²) in [7, 11) is -3.49. The van der Waals surface area contributed by atoms with E-state index in [1.807, 2.05) is 6.92 Å². The van der Waals surface area contributed by atoms with Gasteiger partial charge in [-0.25, -0.2) is 13.8 Å². The molecule has 1 atom stereocenters. The molecule has 1 aliphatic heterocycles. The number of likely N-dealkylation sites (tertiary alicyclic amines) is 1. The van der Waals surface area contributed by atoms with Crippen molar-refractivity contribution >= 4 is 10.2 Å². The summed E-state index contributed by atoms with van der Waals surface area (Å²) in [6, 6.07) is 6.23. The number of halogens is 1. The highest BCUT2D eigenvalue weighted by Crippen LogP contribution is 2.24. The molecule has 0 spiro atoms. The molecule has 1 aromatic rings. The van der Waals surface area contributed by atoms with Crippen molar-refractivity contribution in [2.45, 2.75) is 32.2 Å². The average Bonchev–Trinajstić information content (AvgIpc) is 3.01. The third-order valence-electron chi connectivity index (χ3n) is 3.84. The average molecular weight is 329 g/mol. The monoisotopic (exact) mass is 329 g/mol. The summed E-state index contributed by atoms with van der Waals surface area (Å²) < 4.78 is 42.0. The fourth-order valence-electron chi connectivity index (χ4n) is 2.67.